The van der Waals surface area contributed by atoms with Crippen LogP contribution in [0.25, 0.3) is 0 Å². The fourth-order valence-electron chi connectivity index (χ4n) is 9.57. The molecule has 0 aromatic heterocycles. The predicted octanol–water partition coefficient (Wildman–Crippen LogP) is -2.37. The van der Waals surface area contributed by atoms with Crippen molar-refractivity contribution in [3.05, 3.63) is 23.5 Å². The lowest BCUT2D eigenvalue weighted by molar-refractivity contribution is -0.296. The zero-order valence-corrected chi connectivity index (χ0v) is 27.0. The van der Waals surface area contributed by atoms with Gasteiger partial charge in [0.15, 0.2) is 11.5 Å². The first kappa shape index (κ1) is 34.9. The second-order valence-corrected chi connectivity index (χ2v) is 14.3. The molecule has 3 heterocycles. The number of allylic oxidation sites excluding steroid dienone is 3. The zero-order valence-electron chi connectivity index (χ0n) is 27.0. The Morgan fingerprint density at radius 1 is 1.04 bits per heavy atom. The van der Waals surface area contributed by atoms with Gasteiger partial charge in [0, 0.05) is 23.3 Å². The largest absolute Gasteiger partial charge is 0.467 e. The van der Waals surface area contributed by atoms with E-state index in [1.807, 2.05) is 0 Å². The Kier molecular flexibility index (Phi) is 8.60. The molecule has 3 saturated heterocycles. The van der Waals surface area contributed by atoms with Crippen LogP contribution < -0.4 is 0 Å². The molecule has 16 heteroatoms. The molecular formula is C32H42O16. The molecule has 16 nitrogen and oxygen atoms in total. The quantitative estimate of drug-likeness (QED) is 0.0974. The summed E-state index contributed by atoms with van der Waals surface area (Å²) in [6.45, 7) is 5.53. The minimum absolute atomic E-state index is 0.0457. The molecule has 16 atom stereocenters. The van der Waals surface area contributed by atoms with E-state index in [9.17, 15) is 49.8 Å². The van der Waals surface area contributed by atoms with Crippen LogP contribution in [0.5, 0.6) is 0 Å². The molecule has 6 rings (SSSR count). The normalized spacial score (nSPS) is 49.1. The first-order valence-corrected chi connectivity index (χ1v) is 15.9. The zero-order chi connectivity index (χ0) is 35.2. The van der Waals surface area contributed by atoms with Gasteiger partial charge in [-0.3, -0.25) is 4.79 Å². The molecule has 1 spiro atoms. The van der Waals surface area contributed by atoms with E-state index < -0.39 is 126 Å². The predicted molar refractivity (Wildman–Crippen MR) is 155 cm³/mol. The summed E-state index contributed by atoms with van der Waals surface area (Å²) in [5.74, 6) is -7.86. The van der Waals surface area contributed by atoms with Gasteiger partial charge in [0.05, 0.1) is 32.3 Å². The number of carbonyl (C=O) groups is 4. The Balaban J connectivity index is 1.48. The summed E-state index contributed by atoms with van der Waals surface area (Å²) in [6.07, 6.45) is -12.2. The van der Waals surface area contributed by atoms with E-state index in [2.05, 4.69) is 0 Å². The summed E-state index contributed by atoms with van der Waals surface area (Å²) in [4.78, 5) is 53.9. The number of fused-ring (bicyclic) bond motifs is 2. The maximum absolute atomic E-state index is 13.8. The SMILES string of the molecule is COC(=O)[C@]12OC[C@@]34[C@H]([C@@H](O)[C@@H]1O)[C@]1(C)C=C(O[C@@H]5O[C@H](CO)[C@@H](O)[C@H](O)[C@H]5O)C(=O)[C@@H](C)[C@@H]1C[C@H]3OC(=O)[C@H](OC(=O)C=C(C)C)[C@@H]24. The van der Waals surface area contributed by atoms with E-state index in [1.54, 1.807) is 27.7 Å². The van der Waals surface area contributed by atoms with Crippen LogP contribution in [0.3, 0.4) is 0 Å². The van der Waals surface area contributed by atoms with Crippen molar-refractivity contribution in [3.8, 4) is 0 Å². The van der Waals surface area contributed by atoms with Crippen molar-refractivity contribution >= 4 is 23.7 Å². The number of carbonyl (C=O) groups excluding carboxylic acids is 4. The van der Waals surface area contributed by atoms with Gasteiger partial charge in [0.1, 0.15) is 36.6 Å². The summed E-state index contributed by atoms with van der Waals surface area (Å²) in [6, 6.07) is 0. The fraction of sp³-hybridized carbons (Fsp3) is 0.750. The third-order valence-corrected chi connectivity index (χ3v) is 11.6. The second kappa shape index (κ2) is 11.8. The smallest absolute Gasteiger partial charge is 0.348 e. The first-order chi connectivity index (χ1) is 22.5. The number of hydrogen-bond donors (Lipinski definition) is 6. The number of aliphatic hydroxyl groups is 6. The molecular weight excluding hydrogens is 640 g/mol. The topological polar surface area (TPSA) is 245 Å². The fourth-order valence-corrected chi connectivity index (χ4v) is 9.57. The summed E-state index contributed by atoms with van der Waals surface area (Å²) in [5.41, 5.74) is -4.52. The Labute approximate surface area is 275 Å². The van der Waals surface area contributed by atoms with Gasteiger partial charge in [-0.1, -0.05) is 19.4 Å². The Bertz CT molecular complexity index is 1440. The average Bonchev–Trinajstić information content (AvgIpc) is 3.34. The minimum Gasteiger partial charge on any atom is -0.467 e. The van der Waals surface area contributed by atoms with Crippen LogP contribution in [-0.4, -0.2) is 135 Å². The van der Waals surface area contributed by atoms with Crippen molar-refractivity contribution in [3.63, 3.8) is 0 Å². The lowest BCUT2D eigenvalue weighted by atomic mass is 9.38. The van der Waals surface area contributed by atoms with Crippen LogP contribution >= 0.6 is 0 Å². The molecule has 3 aliphatic heterocycles. The molecule has 0 amide bonds. The van der Waals surface area contributed by atoms with Crippen LogP contribution in [-0.2, 0) is 47.6 Å². The van der Waals surface area contributed by atoms with E-state index in [0.29, 0.717) is 5.57 Å². The third-order valence-electron chi connectivity index (χ3n) is 11.6. The molecule has 6 aliphatic rings. The van der Waals surface area contributed by atoms with Gasteiger partial charge in [-0.25, -0.2) is 14.4 Å². The number of methoxy groups -OCH3 is 1. The molecule has 2 bridgehead atoms. The van der Waals surface area contributed by atoms with E-state index >= 15 is 0 Å². The number of Topliss-reactive ketones (excluding diaryl/α,β-unsaturated/α-hetero) is 1. The van der Waals surface area contributed by atoms with E-state index in [0.717, 1.165) is 13.2 Å². The molecule has 5 fully saturated rings. The van der Waals surface area contributed by atoms with Crippen molar-refractivity contribution in [1.29, 1.82) is 0 Å². The maximum Gasteiger partial charge on any atom is 0.348 e. The minimum atomic E-state index is -2.34. The number of hydrogen-bond acceptors (Lipinski definition) is 16. The Morgan fingerprint density at radius 3 is 2.35 bits per heavy atom. The van der Waals surface area contributed by atoms with Crippen LogP contribution in [0, 0.1) is 34.5 Å². The van der Waals surface area contributed by atoms with Crippen molar-refractivity contribution in [2.45, 2.75) is 94.8 Å². The number of aliphatic hydroxyl groups excluding tert-OH is 6. The van der Waals surface area contributed by atoms with Crippen LogP contribution in [0.1, 0.15) is 34.1 Å². The lowest BCUT2D eigenvalue weighted by Gasteiger charge is -2.67. The molecule has 6 N–H and O–H groups in total. The van der Waals surface area contributed by atoms with E-state index in [1.165, 1.54) is 6.08 Å². The number of ether oxygens (including phenoxy) is 6. The molecule has 3 aliphatic carbocycles. The highest BCUT2D eigenvalue weighted by atomic mass is 16.7. The van der Waals surface area contributed by atoms with Gasteiger partial charge in [0.2, 0.25) is 18.0 Å². The second-order valence-electron chi connectivity index (χ2n) is 14.3. The van der Waals surface area contributed by atoms with Gasteiger partial charge >= 0.3 is 17.9 Å². The summed E-state index contributed by atoms with van der Waals surface area (Å²) in [7, 11) is 1.05. The lowest BCUT2D eigenvalue weighted by Crippen LogP contribution is -2.79. The van der Waals surface area contributed by atoms with Crippen molar-refractivity contribution in [1.82, 2.24) is 0 Å². The van der Waals surface area contributed by atoms with Crippen molar-refractivity contribution < 1.29 is 78.2 Å². The molecule has 266 valence electrons. The monoisotopic (exact) mass is 682 g/mol. The van der Waals surface area contributed by atoms with Crippen molar-refractivity contribution in [2.75, 3.05) is 20.3 Å². The highest BCUT2D eigenvalue weighted by Gasteiger charge is 2.85. The summed E-state index contributed by atoms with van der Waals surface area (Å²) >= 11 is 0. The molecule has 2 saturated carbocycles. The van der Waals surface area contributed by atoms with Gasteiger partial charge < -0.3 is 59.1 Å². The molecule has 0 aromatic carbocycles. The first-order valence-electron chi connectivity index (χ1n) is 15.9. The van der Waals surface area contributed by atoms with E-state index in [4.69, 9.17) is 28.4 Å². The van der Waals surface area contributed by atoms with Crippen LogP contribution in [0.4, 0.5) is 0 Å². The van der Waals surface area contributed by atoms with Crippen LogP contribution in [0.15, 0.2) is 23.5 Å². The van der Waals surface area contributed by atoms with Crippen LogP contribution in [0.2, 0.25) is 0 Å². The number of rotatable bonds is 6. The van der Waals surface area contributed by atoms with Crippen molar-refractivity contribution in [2.24, 2.45) is 34.5 Å². The molecule has 0 radical (unpaired) electrons. The van der Waals surface area contributed by atoms with Gasteiger partial charge in [-0.05, 0) is 37.7 Å². The average molecular weight is 683 g/mol. The third kappa shape index (κ3) is 4.57. The number of ketones is 1. The Morgan fingerprint density at radius 2 is 1.73 bits per heavy atom. The maximum atomic E-state index is 13.8. The van der Waals surface area contributed by atoms with Gasteiger partial charge in [-0.15, -0.1) is 0 Å². The summed E-state index contributed by atoms with van der Waals surface area (Å²) in [5, 5.41) is 64.6. The number of esters is 3. The highest BCUT2D eigenvalue weighted by molar-refractivity contribution is 5.97. The molecule has 0 unspecified atom stereocenters. The molecule has 48 heavy (non-hydrogen) atoms. The van der Waals surface area contributed by atoms with Gasteiger partial charge in [0.25, 0.3) is 0 Å². The molecule has 0 aromatic rings. The Hall–Kier alpha value is -2.96. The standard InChI is InChI=1S/C32H42O16/c1-11(2)6-17(34)48-23-25-31-10-44-32(25,29(42)43-5)26(40)22(39)24(31)30(4)8-14(18(35)12(3)13(30)7-16(31)47-27(23)41)45-28-21(38)20(37)19(36)15(9-33)46-28/h6,8,12-13,15-16,19-26,28,33,36-40H,7,9-10H2,1-5H3/t12-,13-,15+,16+,19+,20-,21+,22+,23+,24+,25+,26-,28+,30+,31-,32+/m0/s1. The summed E-state index contributed by atoms with van der Waals surface area (Å²) < 4.78 is 34.1. The van der Waals surface area contributed by atoms with Gasteiger partial charge in [-0.2, -0.15) is 0 Å². The highest BCUT2D eigenvalue weighted by Crippen LogP contribution is 2.72. The van der Waals surface area contributed by atoms with E-state index in [-0.39, 0.29) is 18.8 Å².